The van der Waals surface area contributed by atoms with Crippen molar-refractivity contribution >= 4 is 12.0 Å². The summed E-state index contributed by atoms with van der Waals surface area (Å²) in [7, 11) is 2.71. The molecule has 10 heteroatoms. The Morgan fingerprint density at radius 1 is 1.11 bits per heavy atom. The molecular weight excluding hydrogens is 364 g/mol. The quantitative estimate of drug-likeness (QED) is 0.296. The largest absolute Gasteiger partial charge is 0.502 e. The number of ether oxygens (including phenoxy) is 4. The average Bonchev–Trinajstić information content (AvgIpc) is 2.67. The standard InChI is InChI=1S/C17H22O10/c1-24-9-5-8(6-10(25-2)13(9)20)3-4-12(19)27-17-16(23)15(22)14(21)11(7-18)26-17/h3-6,11,14-18,20-23H,7H2,1-2H3/b4-3+/t11-,14-,15+,16-,17+/m1/s1. The summed E-state index contributed by atoms with van der Waals surface area (Å²) in [5.41, 5.74) is 0.451. The number of esters is 1. The second kappa shape index (κ2) is 9.02. The highest BCUT2D eigenvalue weighted by Crippen LogP contribution is 2.37. The minimum atomic E-state index is -1.69. The fraction of sp³-hybridized carbons (Fsp3) is 0.471. The Balaban J connectivity index is 2.09. The molecule has 0 radical (unpaired) electrons. The molecule has 1 saturated heterocycles. The number of rotatable bonds is 6. The molecule has 0 saturated carbocycles. The predicted molar refractivity (Wildman–Crippen MR) is 90.1 cm³/mol. The zero-order chi connectivity index (χ0) is 20.1. The highest BCUT2D eigenvalue weighted by atomic mass is 16.7. The van der Waals surface area contributed by atoms with Crippen LogP contribution in [0.5, 0.6) is 17.2 Å². The van der Waals surface area contributed by atoms with Crippen LogP contribution in [-0.2, 0) is 14.3 Å². The van der Waals surface area contributed by atoms with Crippen molar-refractivity contribution in [3.8, 4) is 17.2 Å². The van der Waals surface area contributed by atoms with E-state index < -0.39 is 43.3 Å². The van der Waals surface area contributed by atoms with Gasteiger partial charge in [0.15, 0.2) is 11.5 Å². The SMILES string of the molecule is COc1cc(/C=C/C(=O)O[C@@H]2O[C@H](CO)[C@@H](O)[C@H](O)[C@H]2O)cc(OC)c1O. The lowest BCUT2D eigenvalue weighted by molar-refractivity contribution is -0.291. The second-order valence-corrected chi connectivity index (χ2v) is 5.74. The number of carbonyl (C=O) groups excluding carboxylic acids is 1. The second-order valence-electron chi connectivity index (χ2n) is 5.74. The van der Waals surface area contributed by atoms with Gasteiger partial charge in [0.25, 0.3) is 0 Å². The molecule has 5 atom stereocenters. The average molecular weight is 386 g/mol. The van der Waals surface area contributed by atoms with Crippen molar-refractivity contribution in [3.05, 3.63) is 23.8 Å². The Morgan fingerprint density at radius 2 is 1.70 bits per heavy atom. The van der Waals surface area contributed by atoms with E-state index in [2.05, 4.69) is 0 Å². The first kappa shape index (κ1) is 20.9. The van der Waals surface area contributed by atoms with E-state index in [1.54, 1.807) is 0 Å². The summed E-state index contributed by atoms with van der Waals surface area (Å²) in [5, 5.41) is 48.2. The maximum atomic E-state index is 12.0. The maximum absolute atomic E-state index is 12.0. The molecule has 0 aliphatic carbocycles. The van der Waals surface area contributed by atoms with Crippen LogP contribution < -0.4 is 9.47 Å². The molecule has 1 aliphatic heterocycles. The molecule has 150 valence electrons. The molecule has 0 spiro atoms. The summed E-state index contributed by atoms with van der Waals surface area (Å²) in [5.74, 6) is -0.834. The number of aliphatic hydroxyl groups excluding tert-OH is 4. The van der Waals surface area contributed by atoms with Gasteiger partial charge in [-0.05, 0) is 23.8 Å². The predicted octanol–water partition coefficient (Wildman–Crippen LogP) is -1.23. The molecule has 10 nitrogen and oxygen atoms in total. The van der Waals surface area contributed by atoms with Crippen LogP contribution in [0, 0.1) is 0 Å². The molecule has 0 unspecified atom stereocenters. The first-order valence-corrected chi connectivity index (χ1v) is 7.96. The molecule has 1 fully saturated rings. The Labute approximate surface area is 154 Å². The van der Waals surface area contributed by atoms with E-state index in [0.717, 1.165) is 6.08 Å². The van der Waals surface area contributed by atoms with Gasteiger partial charge >= 0.3 is 5.97 Å². The van der Waals surface area contributed by atoms with E-state index in [0.29, 0.717) is 5.56 Å². The van der Waals surface area contributed by atoms with Crippen molar-refractivity contribution in [2.24, 2.45) is 0 Å². The van der Waals surface area contributed by atoms with Gasteiger partial charge in [0.2, 0.25) is 12.0 Å². The lowest BCUT2D eigenvalue weighted by Gasteiger charge is -2.38. The van der Waals surface area contributed by atoms with Crippen molar-refractivity contribution in [1.82, 2.24) is 0 Å². The van der Waals surface area contributed by atoms with Gasteiger partial charge in [-0.3, -0.25) is 0 Å². The van der Waals surface area contributed by atoms with Gasteiger partial charge in [-0.1, -0.05) is 0 Å². The van der Waals surface area contributed by atoms with Crippen LogP contribution in [-0.4, -0.2) is 83.0 Å². The minimum Gasteiger partial charge on any atom is -0.502 e. The number of hydrogen-bond acceptors (Lipinski definition) is 10. The topological polar surface area (TPSA) is 155 Å². The van der Waals surface area contributed by atoms with E-state index in [1.165, 1.54) is 32.4 Å². The lowest BCUT2D eigenvalue weighted by Crippen LogP contribution is -2.59. The summed E-state index contributed by atoms with van der Waals surface area (Å²) in [6.45, 7) is -0.637. The molecule has 5 N–H and O–H groups in total. The number of aliphatic hydroxyl groups is 4. The van der Waals surface area contributed by atoms with Gasteiger partial charge in [-0.2, -0.15) is 0 Å². The zero-order valence-corrected chi connectivity index (χ0v) is 14.7. The van der Waals surface area contributed by atoms with Gasteiger partial charge in [0.1, 0.15) is 24.4 Å². The molecule has 2 rings (SSSR count). The molecule has 1 heterocycles. The fourth-order valence-corrected chi connectivity index (χ4v) is 2.49. The smallest absolute Gasteiger partial charge is 0.333 e. The third-order valence-corrected chi connectivity index (χ3v) is 3.99. The number of carbonyl (C=O) groups is 1. The van der Waals surface area contributed by atoms with Crippen LogP contribution in [0.15, 0.2) is 18.2 Å². The molecule has 1 aromatic carbocycles. The summed E-state index contributed by atoms with van der Waals surface area (Å²) in [6.07, 6.45) is -5.27. The Bertz CT molecular complexity index is 661. The van der Waals surface area contributed by atoms with Crippen molar-refractivity contribution < 1.29 is 49.3 Å². The summed E-state index contributed by atoms with van der Waals surface area (Å²) < 4.78 is 20.0. The maximum Gasteiger partial charge on any atom is 0.333 e. The number of aromatic hydroxyl groups is 1. The van der Waals surface area contributed by atoms with Crippen molar-refractivity contribution in [2.45, 2.75) is 30.7 Å². The summed E-state index contributed by atoms with van der Waals surface area (Å²) in [4.78, 5) is 12.0. The third-order valence-electron chi connectivity index (χ3n) is 3.99. The van der Waals surface area contributed by atoms with Crippen molar-refractivity contribution in [1.29, 1.82) is 0 Å². The Kier molecular flexibility index (Phi) is 6.99. The highest BCUT2D eigenvalue weighted by molar-refractivity contribution is 5.87. The van der Waals surface area contributed by atoms with Crippen LogP contribution in [0.1, 0.15) is 5.56 Å². The number of hydrogen-bond donors (Lipinski definition) is 5. The van der Waals surface area contributed by atoms with Crippen LogP contribution in [0.2, 0.25) is 0 Å². The van der Waals surface area contributed by atoms with E-state index in [1.807, 2.05) is 0 Å². The third kappa shape index (κ3) is 4.67. The monoisotopic (exact) mass is 386 g/mol. The molecule has 27 heavy (non-hydrogen) atoms. The van der Waals surface area contributed by atoms with Crippen LogP contribution in [0.4, 0.5) is 0 Å². The Hall–Kier alpha value is -2.37. The normalized spacial score (nSPS) is 28.1. The highest BCUT2D eigenvalue weighted by Gasteiger charge is 2.45. The van der Waals surface area contributed by atoms with Crippen LogP contribution >= 0.6 is 0 Å². The first-order valence-electron chi connectivity index (χ1n) is 7.96. The molecule has 1 aliphatic rings. The number of methoxy groups -OCH3 is 2. The van der Waals surface area contributed by atoms with Gasteiger partial charge < -0.3 is 44.5 Å². The van der Waals surface area contributed by atoms with Gasteiger partial charge in [-0.15, -0.1) is 0 Å². The zero-order valence-electron chi connectivity index (χ0n) is 14.7. The van der Waals surface area contributed by atoms with Gasteiger partial charge in [-0.25, -0.2) is 4.79 Å². The van der Waals surface area contributed by atoms with E-state index in [-0.39, 0.29) is 17.2 Å². The first-order chi connectivity index (χ1) is 12.8. The molecular formula is C17H22O10. The lowest BCUT2D eigenvalue weighted by atomic mass is 9.99. The van der Waals surface area contributed by atoms with Crippen LogP contribution in [0.25, 0.3) is 6.08 Å². The number of phenolic OH excluding ortho intramolecular Hbond substituents is 1. The van der Waals surface area contributed by atoms with Crippen LogP contribution in [0.3, 0.4) is 0 Å². The summed E-state index contributed by atoms with van der Waals surface area (Å²) in [6, 6.07) is 2.91. The fourth-order valence-electron chi connectivity index (χ4n) is 2.49. The van der Waals surface area contributed by atoms with E-state index >= 15 is 0 Å². The molecule has 0 amide bonds. The van der Waals surface area contributed by atoms with Gasteiger partial charge in [0.05, 0.1) is 20.8 Å². The van der Waals surface area contributed by atoms with E-state index in [9.17, 15) is 25.2 Å². The minimum absolute atomic E-state index is 0.135. The molecule has 1 aromatic rings. The number of phenols is 1. The molecule has 0 bridgehead atoms. The van der Waals surface area contributed by atoms with Crippen molar-refractivity contribution in [2.75, 3.05) is 20.8 Å². The van der Waals surface area contributed by atoms with Gasteiger partial charge in [0, 0.05) is 6.08 Å². The number of benzene rings is 1. The van der Waals surface area contributed by atoms with Crippen molar-refractivity contribution in [3.63, 3.8) is 0 Å². The summed E-state index contributed by atoms with van der Waals surface area (Å²) >= 11 is 0. The van der Waals surface area contributed by atoms with E-state index in [4.69, 9.17) is 24.1 Å². The molecule has 0 aromatic heterocycles. The Morgan fingerprint density at radius 3 is 2.22 bits per heavy atom.